The van der Waals surface area contributed by atoms with Gasteiger partial charge in [0.1, 0.15) is 4.90 Å². The predicted octanol–water partition coefficient (Wildman–Crippen LogP) is 2.43. The van der Waals surface area contributed by atoms with Crippen LogP contribution in [0.4, 0.5) is 4.53 Å². The van der Waals surface area contributed by atoms with Gasteiger partial charge in [-0.05, 0) is 16.0 Å². The van der Waals surface area contributed by atoms with Gasteiger partial charge in [-0.3, -0.25) is 0 Å². The molecule has 2 aromatic carbocycles. The molecule has 0 heterocycles. The second-order valence-corrected chi connectivity index (χ2v) is 4.47. The van der Waals surface area contributed by atoms with Crippen LogP contribution in [-0.2, 0) is 36.9 Å². The first-order valence-corrected chi connectivity index (χ1v) is 5.59. The van der Waals surface area contributed by atoms with Gasteiger partial charge in [-0.15, -0.1) is 0 Å². The zero-order chi connectivity index (χ0) is 10.9. The molecule has 0 aliphatic carbocycles. The number of benzene rings is 2. The molecule has 0 N–H and O–H groups in total. The van der Waals surface area contributed by atoms with Crippen molar-refractivity contribution in [3.8, 4) is 0 Å². The van der Waals surface area contributed by atoms with Crippen molar-refractivity contribution in [3.05, 3.63) is 42.5 Å². The molecule has 0 aliphatic heterocycles. The fraction of sp³-hybridized carbons (Fsp3) is 0. The van der Waals surface area contributed by atoms with E-state index in [2.05, 4.69) is 4.39 Å². The zero-order valence-corrected chi connectivity index (χ0v) is 10.2. The first kappa shape index (κ1) is 13.3. The average Bonchev–Trinajstić information content (AvgIpc) is 2.28. The van der Waals surface area contributed by atoms with Crippen LogP contribution in [-0.4, -0.2) is 8.42 Å². The van der Waals surface area contributed by atoms with E-state index in [0.29, 0.717) is 5.39 Å². The maximum Gasteiger partial charge on any atom is 0.327 e. The van der Waals surface area contributed by atoms with Gasteiger partial charge in [0.25, 0.3) is 0 Å². The molecule has 0 atom stereocenters. The smallest absolute Gasteiger partial charge is 0.191 e. The fourth-order valence-corrected chi connectivity index (χ4v) is 2.22. The van der Waals surface area contributed by atoms with Crippen LogP contribution in [0.25, 0.3) is 10.8 Å². The number of fused-ring (bicyclic) bond motifs is 1. The first-order valence-electron chi connectivity index (χ1n) is 4.18. The minimum atomic E-state index is -4.29. The van der Waals surface area contributed by atoms with E-state index in [9.17, 15) is 12.9 Å². The molecule has 0 aromatic heterocycles. The summed E-state index contributed by atoms with van der Waals surface area (Å²) in [5.74, 6) is 0. The summed E-state index contributed by atoms with van der Waals surface area (Å²) in [6, 6.07) is 11.4. The molecule has 3 nitrogen and oxygen atoms in total. The number of hydrogen-bond acceptors (Lipinski definition) is 3. The van der Waals surface area contributed by atoms with Crippen molar-refractivity contribution in [1.29, 1.82) is 0 Å². The van der Waals surface area contributed by atoms with Crippen LogP contribution in [0, 0.1) is 0 Å². The zero-order valence-electron chi connectivity index (χ0n) is 7.85. The minimum absolute atomic E-state index is 0. The van der Waals surface area contributed by atoms with Crippen LogP contribution >= 0.6 is 0 Å². The van der Waals surface area contributed by atoms with Crippen molar-refractivity contribution in [2.24, 2.45) is 0 Å². The molecular formula is C10H7AgFO3S. The summed E-state index contributed by atoms with van der Waals surface area (Å²) in [5.41, 5.74) is 0. The Morgan fingerprint density at radius 3 is 2.31 bits per heavy atom. The van der Waals surface area contributed by atoms with Gasteiger partial charge in [0.05, 0.1) is 0 Å². The van der Waals surface area contributed by atoms with E-state index < -0.39 is 10.1 Å². The summed E-state index contributed by atoms with van der Waals surface area (Å²) in [6.07, 6.45) is 0. The molecule has 2 rings (SSSR count). The first-order chi connectivity index (χ1) is 7.15. The topological polar surface area (TPSA) is 43.4 Å². The van der Waals surface area contributed by atoms with Gasteiger partial charge < -0.3 is 0 Å². The van der Waals surface area contributed by atoms with Crippen molar-refractivity contribution in [2.45, 2.75) is 4.90 Å². The van der Waals surface area contributed by atoms with Gasteiger partial charge in [0, 0.05) is 27.8 Å². The molecule has 0 saturated carbocycles. The third-order valence-electron chi connectivity index (χ3n) is 2.10. The largest absolute Gasteiger partial charge is 0.327 e. The third-order valence-corrected chi connectivity index (χ3v) is 3.16. The van der Waals surface area contributed by atoms with Crippen LogP contribution in [0.3, 0.4) is 0 Å². The van der Waals surface area contributed by atoms with Gasteiger partial charge in [0.2, 0.25) is 0 Å². The van der Waals surface area contributed by atoms with E-state index in [4.69, 9.17) is 0 Å². The molecule has 0 bridgehead atoms. The van der Waals surface area contributed by atoms with Crippen molar-refractivity contribution in [3.63, 3.8) is 0 Å². The van der Waals surface area contributed by atoms with Crippen LogP contribution < -0.4 is 0 Å². The monoisotopic (exact) mass is 333 g/mol. The molecule has 1 radical (unpaired) electrons. The van der Waals surface area contributed by atoms with Crippen LogP contribution in [0.1, 0.15) is 0 Å². The van der Waals surface area contributed by atoms with E-state index in [-0.39, 0.29) is 27.3 Å². The summed E-state index contributed by atoms with van der Waals surface area (Å²) < 4.78 is 37.3. The van der Waals surface area contributed by atoms with Crippen LogP contribution in [0.15, 0.2) is 47.4 Å². The van der Waals surface area contributed by atoms with Crippen molar-refractivity contribution >= 4 is 20.9 Å². The van der Waals surface area contributed by atoms with E-state index in [1.165, 1.54) is 12.1 Å². The predicted molar refractivity (Wildman–Crippen MR) is 53.3 cm³/mol. The van der Waals surface area contributed by atoms with Crippen molar-refractivity contribution < 1.29 is 39.7 Å². The second kappa shape index (κ2) is 5.07. The molecule has 0 fully saturated rings. The summed E-state index contributed by atoms with van der Waals surface area (Å²) in [6.45, 7) is 0. The number of halogens is 1. The molecule has 0 saturated heterocycles. The second-order valence-electron chi connectivity index (χ2n) is 2.99. The SMILES string of the molecule is O=S(=O)(OF)c1cccc2ccccc12.[Ag]. The van der Waals surface area contributed by atoms with Gasteiger partial charge in [-0.25, -0.2) is 0 Å². The Balaban J connectivity index is 0.00000128. The quantitative estimate of drug-likeness (QED) is 0.793. The third kappa shape index (κ3) is 2.34. The minimum Gasteiger partial charge on any atom is -0.191 e. The summed E-state index contributed by atoms with van der Waals surface area (Å²) >= 11 is 0. The van der Waals surface area contributed by atoms with Gasteiger partial charge in [-0.2, -0.15) is 8.42 Å². The van der Waals surface area contributed by atoms with E-state index in [1.807, 2.05) is 0 Å². The average molecular weight is 334 g/mol. The summed E-state index contributed by atoms with van der Waals surface area (Å²) in [7, 11) is -4.29. The van der Waals surface area contributed by atoms with Gasteiger partial charge in [0.15, 0.2) is 0 Å². The Kier molecular flexibility index (Phi) is 4.23. The molecule has 0 amide bonds. The van der Waals surface area contributed by atoms with E-state index in [1.54, 1.807) is 30.3 Å². The standard InChI is InChI=1S/C10H7FO3S.Ag/c11-14-15(12,13)10-7-3-5-8-4-1-2-6-9(8)10;/h1-7H;. The van der Waals surface area contributed by atoms with Gasteiger partial charge >= 0.3 is 10.1 Å². The maximum atomic E-state index is 11.9. The van der Waals surface area contributed by atoms with E-state index >= 15 is 0 Å². The van der Waals surface area contributed by atoms with Gasteiger partial charge in [-0.1, -0.05) is 40.8 Å². The van der Waals surface area contributed by atoms with Crippen molar-refractivity contribution in [2.75, 3.05) is 0 Å². The fourth-order valence-electron chi connectivity index (χ4n) is 1.45. The molecule has 6 heteroatoms. The Bertz CT molecular complexity index is 593. The molecule has 89 valence electrons. The number of hydrogen-bond donors (Lipinski definition) is 0. The Morgan fingerprint density at radius 2 is 1.62 bits per heavy atom. The summed E-state index contributed by atoms with van der Waals surface area (Å²) in [4.78, 5) is -0.164. The molecule has 0 spiro atoms. The van der Waals surface area contributed by atoms with E-state index in [0.717, 1.165) is 5.39 Å². The van der Waals surface area contributed by atoms with Crippen molar-refractivity contribution in [1.82, 2.24) is 0 Å². The number of rotatable bonds is 2. The van der Waals surface area contributed by atoms with Crippen LogP contribution in [0.2, 0.25) is 0 Å². The Labute approximate surface area is 108 Å². The maximum absolute atomic E-state index is 11.9. The Hall–Kier alpha value is -0.720. The molecule has 0 unspecified atom stereocenters. The summed E-state index contributed by atoms with van der Waals surface area (Å²) in [5, 5.41) is 1.16. The normalized spacial score (nSPS) is 11.1. The molecular weight excluding hydrogens is 327 g/mol. The Morgan fingerprint density at radius 1 is 1.00 bits per heavy atom. The molecule has 2 aromatic rings. The molecule has 16 heavy (non-hydrogen) atoms. The van der Waals surface area contributed by atoms with Crippen LogP contribution in [0.5, 0.6) is 0 Å². The molecule has 0 aliphatic rings.